The quantitative estimate of drug-likeness (QED) is 0.273. The van der Waals surface area contributed by atoms with E-state index in [1.165, 1.54) is 5.56 Å². The highest BCUT2D eigenvalue weighted by Crippen LogP contribution is 2.06. The number of carbonyl (C=O) groups excluding carboxylic acids is 1. The number of aliphatic imine (C=N–C) groups is 1. The Morgan fingerprint density at radius 2 is 1.85 bits per heavy atom. The third kappa shape index (κ3) is 11.2. The first kappa shape index (κ1) is 24.5. The van der Waals surface area contributed by atoms with Crippen LogP contribution in [0.1, 0.15) is 39.7 Å². The molecule has 0 atom stereocenters. The van der Waals surface area contributed by atoms with Crippen molar-refractivity contribution in [2.75, 3.05) is 26.7 Å². The van der Waals surface area contributed by atoms with E-state index in [1.54, 1.807) is 0 Å². The number of hydrogen-bond donors (Lipinski definition) is 2. The van der Waals surface area contributed by atoms with E-state index in [4.69, 9.17) is 4.74 Å². The van der Waals surface area contributed by atoms with Crippen LogP contribution in [0.2, 0.25) is 0 Å². The van der Waals surface area contributed by atoms with E-state index in [0.717, 1.165) is 25.5 Å². The maximum Gasteiger partial charge on any atom is 0.407 e. The Bertz CT molecular complexity index is 544. The molecule has 0 spiro atoms. The van der Waals surface area contributed by atoms with Gasteiger partial charge in [-0.15, -0.1) is 24.0 Å². The van der Waals surface area contributed by atoms with Gasteiger partial charge in [-0.2, -0.15) is 0 Å². The molecule has 1 amide bonds. The predicted octanol–water partition coefficient (Wildman–Crippen LogP) is 3.62. The molecule has 1 aromatic rings. The molecule has 0 heterocycles. The number of benzene rings is 1. The van der Waals surface area contributed by atoms with Crippen molar-refractivity contribution in [3.63, 3.8) is 0 Å². The van der Waals surface area contributed by atoms with Gasteiger partial charge in [0.2, 0.25) is 0 Å². The Morgan fingerprint density at radius 1 is 1.19 bits per heavy atom. The molecule has 0 unspecified atom stereocenters. The molecule has 0 bridgehead atoms. The van der Waals surface area contributed by atoms with E-state index in [2.05, 4.69) is 39.6 Å². The Balaban J connectivity index is 0.00000625. The topological polar surface area (TPSA) is 66.0 Å². The highest BCUT2D eigenvalue weighted by molar-refractivity contribution is 14.0. The average molecular weight is 476 g/mol. The van der Waals surface area contributed by atoms with Gasteiger partial charge in [0.1, 0.15) is 5.60 Å². The maximum atomic E-state index is 11.6. The number of ether oxygens (including phenoxy) is 1. The number of halogens is 1. The van der Waals surface area contributed by atoms with Gasteiger partial charge in [-0.3, -0.25) is 4.99 Å². The van der Waals surface area contributed by atoms with E-state index < -0.39 is 5.60 Å². The van der Waals surface area contributed by atoms with Crippen molar-refractivity contribution in [3.8, 4) is 0 Å². The summed E-state index contributed by atoms with van der Waals surface area (Å²) in [4.78, 5) is 18.3. The summed E-state index contributed by atoms with van der Waals surface area (Å²) < 4.78 is 5.20. The average Bonchev–Trinajstić information content (AvgIpc) is 2.52. The molecule has 26 heavy (non-hydrogen) atoms. The molecule has 1 rings (SSSR count). The normalized spacial score (nSPS) is 11.3. The first-order chi connectivity index (χ1) is 11.8. The molecule has 0 saturated heterocycles. The van der Waals surface area contributed by atoms with Gasteiger partial charge in [0.15, 0.2) is 5.96 Å². The van der Waals surface area contributed by atoms with Gasteiger partial charge in [-0.25, -0.2) is 4.79 Å². The van der Waals surface area contributed by atoms with E-state index in [9.17, 15) is 4.79 Å². The summed E-state index contributed by atoms with van der Waals surface area (Å²) in [5.41, 5.74) is 0.767. The van der Waals surface area contributed by atoms with Crippen LogP contribution in [0, 0.1) is 0 Å². The molecule has 0 aliphatic heterocycles. The van der Waals surface area contributed by atoms with Gasteiger partial charge < -0.3 is 20.3 Å². The molecule has 0 aliphatic carbocycles. The van der Waals surface area contributed by atoms with Gasteiger partial charge >= 0.3 is 6.09 Å². The van der Waals surface area contributed by atoms with Crippen LogP contribution in [-0.2, 0) is 11.3 Å². The fraction of sp³-hybridized carbons (Fsp3) is 0.579. The fourth-order valence-electron chi connectivity index (χ4n) is 2.17. The van der Waals surface area contributed by atoms with E-state index in [0.29, 0.717) is 13.1 Å². The zero-order chi connectivity index (χ0) is 18.7. The van der Waals surface area contributed by atoms with Crippen LogP contribution in [0.15, 0.2) is 35.3 Å². The zero-order valence-corrected chi connectivity index (χ0v) is 18.9. The molecule has 7 heteroatoms. The van der Waals surface area contributed by atoms with E-state index in [1.807, 2.05) is 46.0 Å². The van der Waals surface area contributed by atoms with Crippen molar-refractivity contribution < 1.29 is 9.53 Å². The first-order valence-corrected chi connectivity index (χ1v) is 8.82. The molecule has 0 aliphatic rings. The third-order valence-electron chi connectivity index (χ3n) is 3.22. The van der Waals surface area contributed by atoms with Crippen LogP contribution in [0.3, 0.4) is 0 Å². The second-order valence-electron chi connectivity index (χ2n) is 6.86. The van der Waals surface area contributed by atoms with Crippen molar-refractivity contribution in [3.05, 3.63) is 35.9 Å². The molecule has 1 aromatic carbocycles. The van der Waals surface area contributed by atoms with Gasteiger partial charge in [-0.05, 0) is 39.7 Å². The van der Waals surface area contributed by atoms with Crippen molar-refractivity contribution in [2.45, 2.75) is 46.3 Å². The molecule has 0 fully saturated rings. The Hall–Kier alpha value is -1.51. The van der Waals surface area contributed by atoms with Crippen molar-refractivity contribution in [1.29, 1.82) is 0 Å². The van der Waals surface area contributed by atoms with Crippen LogP contribution >= 0.6 is 24.0 Å². The molecule has 0 saturated carbocycles. The maximum absolute atomic E-state index is 11.6. The lowest BCUT2D eigenvalue weighted by Gasteiger charge is -2.22. The smallest absolute Gasteiger partial charge is 0.407 e. The summed E-state index contributed by atoms with van der Waals surface area (Å²) in [5, 5.41) is 6.05. The summed E-state index contributed by atoms with van der Waals surface area (Å²) in [6, 6.07) is 10.3. The largest absolute Gasteiger partial charge is 0.444 e. The summed E-state index contributed by atoms with van der Waals surface area (Å²) in [6.45, 7) is 10.4. The Labute approximate surface area is 174 Å². The van der Waals surface area contributed by atoms with Gasteiger partial charge in [0.25, 0.3) is 0 Å². The second-order valence-corrected chi connectivity index (χ2v) is 6.86. The zero-order valence-electron chi connectivity index (χ0n) is 16.5. The molecule has 148 valence electrons. The fourth-order valence-corrected chi connectivity index (χ4v) is 2.17. The highest BCUT2D eigenvalue weighted by Gasteiger charge is 2.15. The van der Waals surface area contributed by atoms with Crippen molar-refractivity contribution in [1.82, 2.24) is 15.5 Å². The number of guanidine groups is 1. The van der Waals surface area contributed by atoms with Gasteiger partial charge in [-0.1, -0.05) is 30.3 Å². The Morgan fingerprint density at radius 3 is 2.42 bits per heavy atom. The number of carbonyl (C=O) groups is 1. The summed E-state index contributed by atoms with van der Waals surface area (Å²) in [7, 11) is 2.02. The summed E-state index contributed by atoms with van der Waals surface area (Å²) in [6.07, 6.45) is 0.373. The van der Waals surface area contributed by atoms with Crippen LogP contribution in [0.25, 0.3) is 0 Å². The van der Waals surface area contributed by atoms with Crippen LogP contribution in [-0.4, -0.2) is 49.2 Å². The first-order valence-electron chi connectivity index (χ1n) is 8.82. The third-order valence-corrected chi connectivity index (χ3v) is 3.22. The number of hydrogen-bond acceptors (Lipinski definition) is 3. The summed E-state index contributed by atoms with van der Waals surface area (Å²) in [5.74, 6) is 0.864. The Kier molecular flexibility index (Phi) is 12.0. The van der Waals surface area contributed by atoms with E-state index >= 15 is 0 Å². The minimum Gasteiger partial charge on any atom is -0.444 e. The summed E-state index contributed by atoms with van der Waals surface area (Å²) >= 11 is 0. The van der Waals surface area contributed by atoms with Gasteiger partial charge in [0.05, 0.1) is 0 Å². The number of nitrogens with one attached hydrogen (secondary N) is 2. The minimum atomic E-state index is -0.472. The predicted molar refractivity (Wildman–Crippen MR) is 118 cm³/mol. The molecule has 6 nitrogen and oxygen atoms in total. The van der Waals surface area contributed by atoms with Crippen LogP contribution in [0.5, 0.6) is 0 Å². The minimum absolute atomic E-state index is 0. The molecule has 2 N–H and O–H groups in total. The van der Waals surface area contributed by atoms with E-state index in [-0.39, 0.29) is 30.1 Å². The molecule has 0 aromatic heterocycles. The number of alkyl carbamates (subject to hydrolysis) is 1. The highest BCUT2D eigenvalue weighted by atomic mass is 127. The number of nitrogens with zero attached hydrogens (tertiary/aromatic N) is 2. The van der Waals surface area contributed by atoms with Crippen LogP contribution < -0.4 is 10.6 Å². The van der Waals surface area contributed by atoms with Gasteiger partial charge in [0, 0.05) is 33.2 Å². The second kappa shape index (κ2) is 12.8. The standard InChI is InChI=1S/C19H32N4O2.HI/c1-6-20-17(23(5)15-16-11-8-7-9-12-16)21-13-10-14-22-18(24)25-19(2,3)4;/h7-9,11-12H,6,10,13-15H2,1-5H3,(H,20,21)(H,22,24);1H. The van der Waals surface area contributed by atoms with Crippen LogP contribution in [0.4, 0.5) is 4.79 Å². The lowest BCUT2D eigenvalue weighted by molar-refractivity contribution is 0.0527. The lowest BCUT2D eigenvalue weighted by Crippen LogP contribution is -2.38. The number of amides is 1. The monoisotopic (exact) mass is 476 g/mol. The molecule has 0 radical (unpaired) electrons. The lowest BCUT2D eigenvalue weighted by atomic mass is 10.2. The molecular formula is C19H33IN4O2. The van der Waals surface area contributed by atoms with Crippen molar-refractivity contribution in [2.24, 2.45) is 4.99 Å². The molecular weight excluding hydrogens is 443 g/mol. The number of rotatable bonds is 7. The van der Waals surface area contributed by atoms with Crippen molar-refractivity contribution >= 4 is 36.0 Å². The SMILES string of the molecule is CCNC(=NCCCNC(=O)OC(C)(C)C)N(C)Cc1ccccc1.I.